The van der Waals surface area contributed by atoms with Crippen molar-refractivity contribution >= 4 is 35.0 Å². The maximum absolute atomic E-state index is 12.7. The first-order valence-electron chi connectivity index (χ1n) is 7.72. The van der Waals surface area contributed by atoms with Gasteiger partial charge in [0.25, 0.3) is 5.56 Å². The molecule has 0 aliphatic rings. The van der Waals surface area contributed by atoms with Crippen molar-refractivity contribution in [2.45, 2.75) is 0 Å². The van der Waals surface area contributed by atoms with Crippen LogP contribution in [0, 0.1) is 0 Å². The van der Waals surface area contributed by atoms with Gasteiger partial charge in [0.15, 0.2) is 0 Å². The highest BCUT2D eigenvalue weighted by molar-refractivity contribution is 7.79. The summed E-state index contributed by atoms with van der Waals surface area (Å²) in [6.45, 7) is 0. The second kappa shape index (κ2) is 6.38. The summed E-state index contributed by atoms with van der Waals surface area (Å²) in [6, 6.07) is 27.9. The standard InChI is InChI=1S/C20H15N2OP/c23-19-20(22-18-14-8-7-13-17(18)21-19)24(15-9-3-1-4-10-15)16-11-5-2-6-12-16/h1-14H,(H,21,23). The summed E-state index contributed by atoms with van der Waals surface area (Å²) in [4.78, 5) is 20.4. The lowest BCUT2D eigenvalue weighted by Gasteiger charge is -2.17. The summed E-state index contributed by atoms with van der Waals surface area (Å²) in [7, 11) is -0.995. The van der Waals surface area contributed by atoms with Crippen LogP contribution in [-0.2, 0) is 0 Å². The van der Waals surface area contributed by atoms with Gasteiger partial charge < -0.3 is 4.98 Å². The Labute approximate surface area is 140 Å². The fourth-order valence-electron chi connectivity index (χ4n) is 2.72. The molecule has 4 rings (SSSR count). The summed E-state index contributed by atoms with van der Waals surface area (Å²) < 4.78 is 0. The lowest BCUT2D eigenvalue weighted by atomic mass is 10.3. The van der Waals surface area contributed by atoms with Crippen molar-refractivity contribution in [3.05, 3.63) is 95.3 Å². The number of hydrogen-bond acceptors (Lipinski definition) is 2. The van der Waals surface area contributed by atoms with Crippen LogP contribution in [-0.4, -0.2) is 9.97 Å². The summed E-state index contributed by atoms with van der Waals surface area (Å²) in [5, 5.41) is 2.24. The molecule has 0 radical (unpaired) electrons. The molecule has 0 aliphatic heterocycles. The molecule has 0 fully saturated rings. The number of rotatable bonds is 3. The number of nitrogens with one attached hydrogen (secondary N) is 1. The normalized spacial score (nSPS) is 11.0. The third-order valence-electron chi connectivity index (χ3n) is 3.82. The molecule has 3 nitrogen and oxygen atoms in total. The van der Waals surface area contributed by atoms with Crippen LogP contribution in [0.4, 0.5) is 0 Å². The first kappa shape index (κ1) is 14.8. The van der Waals surface area contributed by atoms with E-state index in [4.69, 9.17) is 4.98 Å². The predicted octanol–water partition coefficient (Wildman–Crippen LogP) is 2.68. The topological polar surface area (TPSA) is 45.8 Å². The minimum absolute atomic E-state index is 0.118. The molecule has 3 aromatic carbocycles. The number of H-pyrrole nitrogens is 1. The highest BCUT2D eigenvalue weighted by Crippen LogP contribution is 2.30. The molecule has 1 N–H and O–H groups in total. The maximum atomic E-state index is 12.7. The number of fused-ring (bicyclic) bond motifs is 1. The third kappa shape index (κ3) is 2.75. The minimum atomic E-state index is -0.995. The number of hydrogen-bond donors (Lipinski definition) is 1. The van der Waals surface area contributed by atoms with Gasteiger partial charge in [0.05, 0.1) is 11.0 Å². The zero-order valence-corrected chi connectivity index (χ0v) is 13.8. The highest BCUT2D eigenvalue weighted by atomic mass is 31.1. The molecule has 0 amide bonds. The third-order valence-corrected chi connectivity index (χ3v) is 6.18. The largest absolute Gasteiger partial charge is 0.319 e. The van der Waals surface area contributed by atoms with Gasteiger partial charge in [-0.05, 0) is 22.7 Å². The zero-order chi connectivity index (χ0) is 16.4. The van der Waals surface area contributed by atoms with Crippen LogP contribution in [0.25, 0.3) is 11.0 Å². The van der Waals surface area contributed by atoms with Crippen molar-refractivity contribution in [2.75, 3.05) is 0 Å². The Morgan fingerprint density at radius 2 is 1.25 bits per heavy atom. The summed E-state index contributed by atoms with van der Waals surface area (Å²) in [6.07, 6.45) is 0. The second-order valence-electron chi connectivity index (χ2n) is 5.41. The van der Waals surface area contributed by atoms with Crippen LogP contribution in [0.2, 0.25) is 0 Å². The molecule has 0 aliphatic carbocycles. The van der Waals surface area contributed by atoms with E-state index >= 15 is 0 Å². The van der Waals surface area contributed by atoms with Crippen LogP contribution in [0.1, 0.15) is 0 Å². The van der Waals surface area contributed by atoms with Gasteiger partial charge in [-0.25, -0.2) is 4.98 Å². The van der Waals surface area contributed by atoms with E-state index < -0.39 is 7.92 Å². The Morgan fingerprint density at radius 3 is 1.88 bits per heavy atom. The van der Waals surface area contributed by atoms with Crippen molar-refractivity contribution in [2.24, 2.45) is 0 Å². The van der Waals surface area contributed by atoms with Crippen molar-refractivity contribution < 1.29 is 0 Å². The molecule has 24 heavy (non-hydrogen) atoms. The lowest BCUT2D eigenvalue weighted by molar-refractivity contribution is 1.26. The van der Waals surface area contributed by atoms with Gasteiger partial charge in [0, 0.05) is 7.92 Å². The van der Waals surface area contributed by atoms with Crippen LogP contribution in [0.15, 0.2) is 89.7 Å². The average molecular weight is 330 g/mol. The van der Waals surface area contributed by atoms with Crippen molar-refractivity contribution in [3.8, 4) is 0 Å². The summed E-state index contributed by atoms with van der Waals surface area (Å²) in [5.41, 5.74) is 2.04. The molecule has 0 saturated carbocycles. The molecular formula is C20H15N2OP. The number of nitrogens with zero attached hydrogens (tertiary/aromatic N) is 1. The van der Waals surface area contributed by atoms with E-state index in [9.17, 15) is 4.79 Å². The zero-order valence-electron chi connectivity index (χ0n) is 12.9. The Hall–Kier alpha value is -2.77. The van der Waals surface area contributed by atoms with Crippen molar-refractivity contribution in [1.29, 1.82) is 0 Å². The molecule has 0 unspecified atom stereocenters. The fraction of sp³-hybridized carbons (Fsp3) is 0. The Morgan fingerprint density at radius 1 is 0.708 bits per heavy atom. The molecule has 0 spiro atoms. The van der Waals surface area contributed by atoms with E-state index in [0.717, 1.165) is 21.6 Å². The van der Waals surface area contributed by atoms with Crippen LogP contribution in [0.5, 0.6) is 0 Å². The van der Waals surface area contributed by atoms with Gasteiger partial charge in [-0.1, -0.05) is 72.8 Å². The quantitative estimate of drug-likeness (QED) is 0.587. The molecule has 1 aromatic heterocycles. The Balaban J connectivity index is 1.97. The van der Waals surface area contributed by atoms with Crippen LogP contribution in [0.3, 0.4) is 0 Å². The van der Waals surface area contributed by atoms with E-state index in [1.54, 1.807) is 0 Å². The van der Waals surface area contributed by atoms with Crippen molar-refractivity contribution in [3.63, 3.8) is 0 Å². The van der Waals surface area contributed by atoms with Crippen LogP contribution >= 0.6 is 7.92 Å². The lowest BCUT2D eigenvalue weighted by Crippen LogP contribution is -2.35. The van der Waals surface area contributed by atoms with E-state index in [-0.39, 0.29) is 5.56 Å². The first-order chi connectivity index (χ1) is 11.8. The highest BCUT2D eigenvalue weighted by Gasteiger charge is 2.21. The molecule has 0 atom stereocenters. The van der Waals surface area contributed by atoms with Crippen molar-refractivity contribution in [1.82, 2.24) is 9.97 Å². The smallest absolute Gasteiger partial charge is 0.275 e. The second-order valence-corrected chi connectivity index (χ2v) is 7.54. The molecule has 4 heteroatoms. The predicted molar refractivity (Wildman–Crippen MR) is 101 cm³/mol. The Kier molecular flexibility index (Phi) is 3.94. The van der Waals surface area contributed by atoms with Gasteiger partial charge in [0.2, 0.25) is 0 Å². The van der Waals surface area contributed by atoms with Gasteiger partial charge in [0.1, 0.15) is 5.44 Å². The molecule has 0 saturated heterocycles. The van der Waals surface area contributed by atoms with E-state index in [0.29, 0.717) is 5.44 Å². The molecule has 116 valence electrons. The van der Waals surface area contributed by atoms with Gasteiger partial charge >= 0.3 is 0 Å². The molecule has 0 bridgehead atoms. The SMILES string of the molecule is O=c1[nH]c2ccccc2nc1P(c1ccccc1)c1ccccc1. The molecular weight excluding hydrogens is 315 g/mol. The van der Waals surface area contributed by atoms with Crippen LogP contribution < -0.4 is 21.6 Å². The summed E-state index contributed by atoms with van der Waals surface area (Å²) in [5.74, 6) is 0. The number of aromatic amines is 1. The van der Waals surface area contributed by atoms with Gasteiger partial charge in [-0.2, -0.15) is 0 Å². The average Bonchev–Trinajstić information content (AvgIpc) is 2.64. The van der Waals surface area contributed by atoms with Gasteiger partial charge in [-0.15, -0.1) is 0 Å². The summed E-state index contributed by atoms with van der Waals surface area (Å²) >= 11 is 0. The fourth-order valence-corrected chi connectivity index (χ4v) is 4.91. The maximum Gasteiger partial charge on any atom is 0.275 e. The van der Waals surface area contributed by atoms with E-state index in [1.807, 2.05) is 60.7 Å². The number of aromatic nitrogens is 2. The van der Waals surface area contributed by atoms with E-state index in [2.05, 4.69) is 29.2 Å². The first-order valence-corrected chi connectivity index (χ1v) is 9.06. The van der Waals surface area contributed by atoms with E-state index in [1.165, 1.54) is 0 Å². The van der Waals surface area contributed by atoms with Gasteiger partial charge in [-0.3, -0.25) is 4.79 Å². The molecule has 4 aromatic rings. The minimum Gasteiger partial charge on any atom is -0.319 e. The Bertz CT molecular complexity index is 990. The number of benzene rings is 3. The number of para-hydroxylation sites is 2. The monoisotopic (exact) mass is 330 g/mol. The molecule has 1 heterocycles.